The van der Waals surface area contributed by atoms with Gasteiger partial charge in [-0.25, -0.2) is 4.79 Å². The van der Waals surface area contributed by atoms with E-state index in [2.05, 4.69) is 17.0 Å². The van der Waals surface area contributed by atoms with Crippen LogP contribution >= 0.6 is 0 Å². The second kappa shape index (κ2) is 8.95. The van der Waals surface area contributed by atoms with Gasteiger partial charge in [-0.05, 0) is 32.9 Å². The zero-order valence-corrected chi connectivity index (χ0v) is 13.4. The number of nitrogens with one attached hydrogen (secondary N) is 1. The number of aliphatic hydroxyl groups excluding tert-OH is 2. The van der Waals surface area contributed by atoms with Gasteiger partial charge < -0.3 is 25.4 Å². The van der Waals surface area contributed by atoms with Gasteiger partial charge in [0.25, 0.3) is 0 Å². The number of hydrogen-bond acceptors (Lipinski definition) is 6. The van der Waals surface area contributed by atoms with Crippen LogP contribution in [0.2, 0.25) is 0 Å². The van der Waals surface area contributed by atoms with Gasteiger partial charge in [0.15, 0.2) is 5.54 Å². The van der Waals surface area contributed by atoms with E-state index in [0.717, 1.165) is 0 Å². The fourth-order valence-electron chi connectivity index (χ4n) is 2.45. The highest BCUT2D eigenvalue weighted by Crippen LogP contribution is 2.22. The van der Waals surface area contributed by atoms with Crippen LogP contribution in [0.15, 0.2) is 4.99 Å². The summed E-state index contributed by atoms with van der Waals surface area (Å²) < 4.78 is 5.36. The Labute approximate surface area is 135 Å². The molecule has 0 aliphatic carbocycles. The minimum Gasteiger partial charge on any atom is -0.479 e. The molecule has 0 spiro atoms. The predicted octanol–water partition coefficient (Wildman–Crippen LogP) is -0.282. The summed E-state index contributed by atoms with van der Waals surface area (Å²) in [5.41, 5.74) is -1.19. The first-order valence-corrected chi connectivity index (χ1v) is 7.74. The van der Waals surface area contributed by atoms with Crippen molar-refractivity contribution >= 4 is 18.6 Å². The highest BCUT2D eigenvalue weighted by Gasteiger charge is 2.34. The van der Waals surface area contributed by atoms with Gasteiger partial charge in [0.2, 0.25) is 5.91 Å². The second-order valence-corrected chi connectivity index (χ2v) is 6.03. The van der Waals surface area contributed by atoms with Gasteiger partial charge >= 0.3 is 5.97 Å². The fraction of sp³-hybridized carbons (Fsp3) is 0.800. The molecule has 0 aromatic heterocycles. The smallest absolute Gasteiger partial charge is 0.331 e. The molecule has 1 aliphatic rings. The van der Waals surface area contributed by atoms with Crippen LogP contribution in [0.25, 0.3) is 0 Å². The number of aliphatic carboxylic acids is 1. The van der Waals surface area contributed by atoms with E-state index < -0.39 is 29.8 Å². The molecule has 8 nitrogen and oxygen atoms in total. The topological polar surface area (TPSA) is 128 Å². The van der Waals surface area contributed by atoms with Crippen molar-refractivity contribution in [2.75, 3.05) is 13.2 Å². The summed E-state index contributed by atoms with van der Waals surface area (Å²) in [5, 5.41) is 30.5. The van der Waals surface area contributed by atoms with Crippen LogP contribution in [0.1, 0.15) is 39.0 Å². The van der Waals surface area contributed by atoms with E-state index in [1.54, 1.807) is 0 Å². The number of carboxylic acid groups (broad SMARTS) is 1. The molecule has 1 heterocycles. The minimum absolute atomic E-state index is 0.0404. The molecule has 0 aromatic rings. The Balaban J connectivity index is 2.20. The van der Waals surface area contributed by atoms with Gasteiger partial charge in [-0.2, -0.15) is 0 Å². The molecule has 0 radical (unpaired) electrons. The molecule has 0 aromatic carbocycles. The molecule has 8 heteroatoms. The highest BCUT2D eigenvalue weighted by atomic mass is 16.5. The molecule has 132 valence electrons. The lowest BCUT2D eigenvalue weighted by Gasteiger charge is -2.19. The summed E-state index contributed by atoms with van der Waals surface area (Å²) in [6.45, 7) is 5.06. The Morgan fingerprint density at radius 2 is 2.13 bits per heavy atom. The largest absolute Gasteiger partial charge is 0.479 e. The van der Waals surface area contributed by atoms with Crippen molar-refractivity contribution in [1.29, 1.82) is 0 Å². The van der Waals surface area contributed by atoms with Crippen LogP contribution in [0, 0.1) is 0 Å². The summed E-state index contributed by atoms with van der Waals surface area (Å²) in [4.78, 5) is 26.5. The molecule has 1 saturated heterocycles. The van der Waals surface area contributed by atoms with Crippen LogP contribution in [0.3, 0.4) is 0 Å². The van der Waals surface area contributed by atoms with Crippen molar-refractivity contribution in [3.8, 4) is 0 Å². The van der Waals surface area contributed by atoms with Crippen LogP contribution in [-0.4, -0.2) is 70.9 Å². The Bertz CT molecular complexity index is 430. The minimum atomic E-state index is -1.19. The molecule has 23 heavy (non-hydrogen) atoms. The lowest BCUT2D eigenvalue weighted by Crippen LogP contribution is -2.34. The number of aliphatic imine (C=N–C) groups is 1. The number of unbranched alkanes of at least 4 members (excludes halogenated alkanes) is 1. The first-order valence-electron chi connectivity index (χ1n) is 7.74. The number of hydrogen-bond donors (Lipinski definition) is 4. The SMILES string of the molecule is C=N[C@](C)(CCCCNC(=O)CC1O[C@H](CO)C[C@H]1O)C(=O)O. The first-order chi connectivity index (χ1) is 10.8. The molecule has 1 rings (SSSR count). The van der Waals surface area contributed by atoms with Crippen molar-refractivity contribution < 1.29 is 29.6 Å². The Morgan fingerprint density at radius 1 is 1.43 bits per heavy atom. The summed E-state index contributed by atoms with van der Waals surface area (Å²) in [7, 11) is 0. The number of carboxylic acids is 1. The molecule has 4 atom stereocenters. The van der Waals surface area contributed by atoms with Gasteiger partial charge in [-0.1, -0.05) is 0 Å². The Kier molecular flexibility index (Phi) is 7.60. The van der Waals surface area contributed by atoms with E-state index in [4.69, 9.17) is 14.9 Å². The van der Waals surface area contributed by atoms with Crippen molar-refractivity contribution in [2.24, 2.45) is 4.99 Å². The van der Waals surface area contributed by atoms with E-state index in [9.17, 15) is 14.7 Å². The molecule has 1 unspecified atom stereocenters. The fourth-order valence-corrected chi connectivity index (χ4v) is 2.45. The third-order valence-electron chi connectivity index (χ3n) is 4.11. The molecular formula is C15H26N2O6. The maximum atomic E-state index is 11.8. The van der Waals surface area contributed by atoms with Crippen LogP contribution in [-0.2, 0) is 14.3 Å². The Morgan fingerprint density at radius 3 is 2.65 bits per heavy atom. The number of amides is 1. The molecule has 1 fully saturated rings. The molecule has 4 N–H and O–H groups in total. The predicted molar refractivity (Wildman–Crippen MR) is 83.4 cm³/mol. The molecular weight excluding hydrogens is 304 g/mol. The number of aliphatic hydroxyl groups is 2. The monoisotopic (exact) mass is 330 g/mol. The van der Waals surface area contributed by atoms with E-state index in [1.807, 2.05) is 0 Å². The van der Waals surface area contributed by atoms with E-state index in [-0.39, 0.29) is 18.9 Å². The second-order valence-electron chi connectivity index (χ2n) is 6.03. The standard InChI is InChI=1S/C15H26N2O6/c1-15(16-2,14(21)22)5-3-4-6-17-13(20)8-12-11(19)7-10(9-18)23-12/h10-12,18-19H,2-9H2,1H3,(H,17,20)(H,21,22)/t10-,11+,12?,15+/m0/s1. The summed E-state index contributed by atoms with van der Waals surface area (Å²) in [6.07, 6.45) is 0.192. The maximum absolute atomic E-state index is 11.8. The summed E-state index contributed by atoms with van der Waals surface area (Å²) >= 11 is 0. The van der Waals surface area contributed by atoms with Crippen molar-refractivity contribution in [1.82, 2.24) is 5.32 Å². The number of carbonyl (C=O) groups is 2. The first kappa shape index (κ1) is 19.5. The Hall–Kier alpha value is -1.51. The molecule has 1 aliphatic heterocycles. The third kappa shape index (κ3) is 5.89. The number of rotatable bonds is 10. The van der Waals surface area contributed by atoms with Gasteiger partial charge in [-0.15, -0.1) is 0 Å². The quantitative estimate of drug-likeness (QED) is 0.322. The van der Waals surface area contributed by atoms with Crippen molar-refractivity contribution in [3.05, 3.63) is 0 Å². The highest BCUT2D eigenvalue weighted by molar-refractivity contribution is 5.79. The van der Waals surface area contributed by atoms with Crippen molar-refractivity contribution in [2.45, 2.75) is 62.9 Å². The summed E-state index contributed by atoms with van der Waals surface area (Å²) in [6, 6.07) is 0. The van der Waals surface area contributed by atoms with E-state index in [1.165, 1.54) is 6.92 Å². The normalized spacial score (nSPS) is 26.5. The van der Waals surface area contributed by atoms with Gasteiger partial charge in [-0.3, -0.25) is 9.79 Å². The molecule has 1 amide bonds. The van der Waals surface area contributed by atoms with Crippen LogP contribution in [0.5, 0.6) is 0 Å². The van der Waals surface area contributed by atoms with Crippen LogP contribution < -0.4 is 5.32 Å². The third-order valence-corrected chi connectivity index (χ3v) is 4.11. The zero-order chi connectivity index (χ0) is 17.5. The average Bonchev–Trinajstić information content (AvgIpc) is 2.86. The molecule has 0 saturated carbocycles. The summed E-state index contributed by atoms with van der Waals surface area (Å²) in [5.74, 6) is -1.25. The maximum Gasteiger partial charge on any atom is 0.331 e. The molecule has 0 bridgehead atoms. The zero-order valence-electron chi connectivity index (χ0n) is 13.4. The van der Waals surface area contributed by atoms with Gasteiger partial charge in [0.05, 0.1) is 31.3 Å². The van der Waals surface area contributed by atoms with E-state index >= 15 is 0 Å². The van der Waals surface area contributed by atoms with Crippen molar-refractivity contribution in [3.63, 3.8) is 0 Å². The lowest BCUT2D eigenvalue weighted by atomic mass is 9.96. The number of nitrogens with zero attached hydrogens (tertiary/aromatic N) is 1. The number of ether oxygens (including phenoxy) is 1. The van der Waals surface area contributed by atoms with Gasteiger partial charge in [0, 0.05) is 13.0 Å². The average molecular weight is 330 g/mol. The van der Waals surface area contributed by atoms with Crippen LogP contribution in [0.4, 0.5) is 0 Å². The number of carbonyl (C=O) groups excluding carboxylic acids is 1. The van der Waals surface area contributed by atoms with E-state index in [0.29, 0.717) is 32.2 Å². The van der Waals surface area contributed by atoms with Gasteiger partial charge in [0.1, 0.15) is 0 Å². The lowest BCUT2D eigenvalue weighted by molar-refractivity contribution is -0.142.